The lowest BCUT2D eigenvalue weighted by atomic mass is 10.0. The topological polar surface area (TPSA) is 41.6 Å². The number of carbonyl (C=O) groups is 1. The van der Waals surface area contributed by atoms with Crippen LogP contribution < -0.4 is 5.32 Å². The van der Waals surface area contributed by atoms with Gasteiger partial charge in [-0.2, -0.15) is 0 Å². The molecule has 1 rings (SSSR count). The minimum absolute atomic E-state index is 0.0772. The predicted molar refractivity (Wildman–Crippen MR) is 64.3 cm³/mol. The molecule has 0 aromatic carbocycles. The molecule has 94 valence electrons. The summed E-state index contributed by atoms with van der Waals surface area (Å²) < 4.78 is 5.61. The van der Waals surface area contributed by atoms with E-state index in [2.05, 4.69) is 19.2 Å². The zero-order valence-electron chi connectivity index (χ0n) is 10.9. The van der Waals surface area contributed by atoms with Crippen LogP contribution in [0.4, 0.5) is 0 Å². The van der Waals surface area contributed by atoms with E-state index in [1.54, 1.807) is 4.90 Å². The summed E-state index contributed by atoms with van der Waals surface area (Å²) >= 11 is 0. The number of carbonyl (C=O) groups excluding carboxylic acids is 1. The Kier molecular flexibility index (Phi) is 4.74. The molecule has 4 heteroatoms. The third kappa shape index (κ3) is 3.76. The SMILES string of the molecule is CCC(C)CN(C)C(=O)COC1(C)CNC1. The molecule has 4 nitrogen and oxygen atoms in total. The van der Waals surface area contributed by atoms with Gasteiger partial charge in [-0.1, -0.05) is 20.3 Å². The first kappa shape index (κ1) is 13.5. The van der Waals surface area contributed by atoms with E-state index < -0.39 is 0 Å². The number of rotatable bonds is 6. The molecule has 1 aliphatic rings. The van der Waals surface area contributed by atoms with Crippen molar-refractivity contribution < 1.29 is 9.53 Å². The van der Waals surface area contributed by atoms with Crippen molar-refractivity contribution in [3.8, 4) is 0 Å². The van der Waals surface area contributed by atoms with Crippen LogP contribution in [0, 0.1) is 5.92 Å². The maximum absolute atomic E-state index is 11.8. The van der Waals surface area contributed by atoms with E-state index in [1.165, 1.54) is 0 Å². The molecule has 16 heavy (non-hydrogen) atoms. The van der Waals surface area contributed by atoms with E-state index in [1.807, 2.05) is 14.0 Å². The summed E-state index contributed by atoms with van der Waals surface area (Å²) in [6.07, 6.45) is 1.10. The standard InChI is InChI=1S/C12H24N2O2/c1-5-10(2)6-14(4)11(15)7-16-12(3)8-13-9-12/h10,13H,5-9H2,1-4H3. The summed E-state index contributed by atoms with van der Waals surface area (Å²) in [6, 6.07) is 0. The quantitative estimate of drug-likeness (QED) is 0.733. The molecule has 1 heterocycles. The van der Waals surface area contributed by atoms with E-state index >= 15 is 0 Å². The molecule has 0 spiro atoms. The Labute approximate surface area is 98.3 Å². The second-order valence-corrected chi connectivity index (χ2v) is 5.13. The summed E-state index contributed by atoms with van der Waals surface area (Å²) in [4.78, 5) is 13.5. The van der Waals surface area contributed by atoms with Gasteiger partial charge in [0.1, 0.15) is 6.61 Å². The molecule has 1 unspecified atom stereocenters. The lowest BCUT2D eigenvalue weighted by Crippen LogP contribution is -2.59. The average Bonchev–Trinajstić information content (AvgIpc) is 2.22. The molecule has 0 aliphatic carbocycles. The first-order valence-corrected chi connectivity index (χ1v) is 6.05. The summed E-state index contributed by atoms with van der Waals surface area (Å²) in [5.41, 5.74) is -0.132. The lowest BCUT2D eigenvalue weighted by molar-refractivity contribution is -0.145. The average molecular weight is 228 g/mol. The second kappa shape index (κ2) is 5.64. The third-order valence-corrected chi connectivity index (χ3v) is 3.25. The molecule has 0 aromatic rings. The minimum atomic E-state index is -0.132. The van der Waals surface area contributed by atoms with Crippen LogP contribution in [0.3, 0.4) is 0 Å². The monoisotopic (exact) mass is 228 g/mol. The van der Waals surface area contributed by atoms with Gasteiger partial charge < -0.3 is 15.0 Å². The van der Waals surface area contributed by atoms with Gasteiger partial charge >= 0.3 is 0 Å². The highest BCUT2D eigenvalue weighted by molar-refractivity contribution is 5.77. The molecule has 0 saturated carbocycles. The van der Waals surface area contributed by atoms with Gasteiger partial charge in [0.05, 0.1) is 5.60 Å². The number of amides is 1. The van der Waals surface area contributed by atoms with Gasteiger partial charge in [-0.15, -0.1) is 0 Å². The number of hydrogen-bond donors (Lipinski definition) is 1. The fourth-order valence-electron chi connectivity index (χ4n) is 1.62. The van der Waals surface area contributed by atoms with Crippen LogP contribution in [-0.2, 0) is 9.53 Å². The summed E-state index contributed by atoms with van der Waals surface area (Å²) in [5, 5.41) is 3.15. The van der Waals surface area contributed by atoms with E-state index in [-0.39, 0.29) is 18.1 Å². The van der Waals surface area contributed by atoms with E-state index in [9.17, 15) is 4.79 Å². The normalized spacial score (nSPS) is 20.0. The lowest BCUT2D eigenvalue weighted by Gasteiger charge is -2.39. The Morgan fingerprint density at radius 3 is 2.62 bits per heavy atom. The van der Waals surface area contributed by atoms with E-state index in [0.717, 1.165) is 26.1 Å². The molecule has 0 radical (unpaired) electrons. The third-order valence-electron chi connectivity index (χ3n) is 3.25. The molecule has 1 amide bonds. The first-order valence-electron chi connectivity index (χ1n) is 6.05. The van der Waals surface area contributed by atoms with Crippen LogP contribution in [0.15, 0.2) is 0 Å². The summed E-state index contributed by atoms with van der Waals surface area (Å²) in [5.74, 6) is 0.628. The predicted octanol–water partition coefficient (Wildman–Crippen LogP) is 0.869. The zero-order valence-corrected chi connectivity index (χ0v) is 10.9. The van der Waals surface area contributed by atoms with E-state index in [4.69, 9.17) is 4.74 Å². The number of nitrogens with zero attached hydrogens (tertiary/aromatic N) is 1. The molecule has 1 aliphatic heterocycles. The molecule has 0 aromatic heterocycles. The van der Waals surface area contributed by atoms with Gasteiger partial charge in [-0.3, -0.25) is 4.79 Å². The Balaban J connectivity index is 2.23. The van der Waals surface area contributed by atoms with Crippen molar-refractivity contribution in [3.05, 3.63) is 0 Å². The van der Waals surface area contributed by atoms with Crippen LogP contribution in [-0.4, -0.2) is 49.7 Å². The Bertz CT molecular complexity index is 239. The van der Waals surface area contributed by atoms with Crippen LogP contribution >= 0.6 is 0 Å². The number of nitrogens with one attached hydrogen (secondary N) is 1. The van der Waals surface area contributed by atoms with E-state index in [0.29, 0.717) is 5.92 Å². The highest BCUT2D eigenvalue weighted by atomic mass is 16.5. The van der Waals surface area contributed by atoms with Crippen LogP contribution in [0.5, 0.6) is 0 Å². The maximum atomic E-state index is 11.8. The summed E-state index contributed by atoms with van der Waals surface area (Å²) in [7, 11) is 1.85. The highest BCUT2D eigenvalue weighted by Crippen LogP contribution is 2.15. The van der Waals surface area contributed by atoms with Crippen LogP contribution in [0.2, 0.25) is 0 Å². The van der Waals surface area contributed by atoms with Crippen molar-refractivity contribution in [2.24, 2.45) is 5.92 Å². The molecular weight excluding hydrogens is 204 g/mol. The van der Waals surface area contributed by atoms with Crippen molar-refractivity contribution in [1.29, 1.82) is 0 Å². The van der Waals surface area contributed by atoms with Gasteiger partial charge in [-0.05, 0) is 12.8 Å². The first-order chi connectivity index (χ1) is 7.47. The molecule has 1 saturated heterocycles. The minimum Gasteiger partial charge on any atom is -0.363 e. The van der Waals surface area contributed by atoms with Crippen molar-refractivity contribution in [1.82, 2.24) is 10.2 Å². The van der Waals surface area contributed by atoms with Gasteiger partial charge in [0.2, 0.25) is 5.91 Å². The van der Waals surface area contributed by atoms with Crippen molar-refractivity contribution in [2.75, 3.05) is 33.3 Å². The number of likely N-dealkylation sites (N-methyl/N-ethyl adjacent to an activating group) is 1. The van der Waals surface area contributed by atoms with Crippen molar-refractivity contribution >= 4 is 5.91 Å². The second-order valence-electron chi connectivity index (χ2n) is 5.13. The smallest absolute Gasteiger partial charge is 0.248 e. The Morgan fingerprint density at radius 2 is 2.19 bits per heavy atom. The van der Waals surface area contributed by atoms with Gasteiger partial charge in [0, 0.05) is 26.7 Å². The Hall–Kier alpha value is -0.610. The largest absolute Gasteiger partial charge is 0.363 e. The molecule has 1 fully saturated rings. The van der Waals surface area contributed by atoms with Crippen LogP contribution in [0.1, 0.15) is 27.2 Å². The molecule has 0 bridgehead atoms. The van der Waals surface area contributed by atoms with Gasteiger partial charge in [-0.25, -0.2) is 0 Å². The van der Waals surface area contributed by atoms with Crippen molar-refractivity contribution in [2.45, 2.75) is 32.8 Å². The van der Waals surface area contributed by atoms with Crippen LogP contribution in [0.25, 0.3) is 0 Å². The molecule has 1 N–H and O–H groups in total. The Morgan fingerprint density at radius 1 is 1.56 bits per heavy atom. The summed E-state index contributed by atoms with van der Waals surface area (Å²) in [6.45, 7) is 9.03. The zero-order chi connectivity index (χ0) is 12.2. The van der Waals surface area contributed by atoms with Gasteiger partial charge in [0.15, 0.2) is 0 Å². The molecular formula is C12H24N2O2. The maximum Gasteiger partial charge on any atom is 0.248 e. The molecule has 1 atom stereocenters. The fraction of sp³-hybridized carbons (Fsp3) is 0.917. The van der Waals surface area contributed by atoms with Gasteiger partial charge in [0.25, 0.3) is 0 Å². The number of ether oxygens (including phenoxy) is 1. The van der Waals surface area contributed by atoms with Crippen molar-refractivity contribution in [3.63, 3.8) is 0 Å². The fourth-order valence-corrected chi connectivity index (χ4v) is 1.62. The number of hydrogen-bond acceptors (Lipinski definition) is 3. The highest BCUT2D eigenvalue weighted by Gasteiger charge is 2.33.